The Morgan fingerprint density at radius 2 is 2.17 bits per heavy atom. The maximum absolute atomic E-state index is 12.1. The summed E-state index contributed by atoms with van der Waals surface area (Å²) in [4.78, 5) is 14.3. The Morgan fingerprint density at radius 1 is 1.56 bits per heavy atom. The maximum atomic E-state index is 12.1. The number of nitrogens with zero attached hydrogens (tertiary/aromatic N) is 1. The molecule has 1 aromatic heterocycles. The quantitative estimate of drug-likeness (QED) is 0.860. The van der Waals surface area contributed by atoms with Gasteiger partial charge < -0.3 is 14.6 Å². The van der Waals surface area contributed by atoms with Crippen molar-refractivity contribution in [1.29, 1.82) is 0 Å². The number of carboxylic acid groups (broad SMARTS) is 1. The molecule has 0 atom stereocenters. The van der Waals surface area contributed by atoms with Crippen LogP contribution in [0, 0.1) is 0 Å². The van der Waals surface area contributed by atoms with Gasteiger partial charge in [0.2, 0.25) is 0 Å². The van der Waals surface area contributed by atoms with Crippen molar-refractivity contribution >= 4 is 21.9 Å². The van der Waals surface area contributed by atoms with Gasteiger partial charge in [-0.3, -0.25) is 0 Å². The van der Waals surface area contributed by atoms with Crippen LogP contribution in [0.25, 0.3) is 0 Å². The molecule has 9 heteroatoms. The van der Waals surface area contributed by atoms with Crippen LogP contribution in [0.2, 0.25) is 0 Å². The molecule has 1 rings (SSSR count). The minimum atomic E-state index is -4.91. The van der Waals surface area contributed by atoms with Gasteiger partial charge in [0.05, 0.1) is 13.3 Å². The van der Waals surface area contributed by atoms with Gasteiger partial charge in [-0.1, -0.05) is 15.9 Å². The molecule has 0 aliphatic carbocycles. The molecule has 5 nitrogen and oxygen atoms in total. The number of ether oxygens (including phenoxy) is 2. The second kappa shape index (κ2) is 5.42. The van der Waals surface area contributed by atoms with E-state index in [2.05, 4.69) is 25.7 Å². The average molecular weight is 330 g/mol. The third kappa shape index (κ3) is 3.25. The molecule has 0 amide bonds. The van der Waals surface area contributed by atoms with Crippen molar-refractivity contribution in [3.8, 4) is 11.5 Å². The van der Waals surface area contributed by atoms with Gasteiger partial charge in [-0.25, -0.2) is 9.78 Å². The van der Waals surface area contributed by atoms with Gasteiger partial charge in [0.25, 0.3) is 0 Å². The molecule has 0 aromatic carbocycles. The molecule has 1 aromatic rings. The Morgan fingerprint density at radius 3 is 2.56 bits per heavy atom. The van der Waals surface area contributed by atoms with Gasteiger partial charge in [-0.15, -0.1) is 13.2 Å². The highest BCUT2D eigenvalue weighted by Crippen LogP contribution is 2.36. The van der Waals surface area contributed by atoms with E-state index in [1.807, 2.05) is 0 Å². The number of carbonyl (C=O) groups is 1. The lowest BCUT2D eigenvalue weighted by Crippen LogP contribution is -2.19. The summed E-state index contributed by atoms with van der Waals surface area (Å²) in [6.07, 6.45) is -4.26. The highest BCUT2D eigenvalue weighted by atomic mass is 79.9. The van der Waals surface area contributed by atoms with E-state index < -0.39 is 23.8 Å². The molecule has 18 heavy (non-hydrogen) atoms. The van der Waals surface area contributed by atoms with E-state index in [9.17, 15) is 18.0 Å². The van der Waals surface area contributed by atoms with Crippen LogP contribution >= 0.6 is 15.9 Å². The number of aromatic carboxylic acids is 1. The summed E-state index contributed by atoms with van der Waals surface area (Å²) in [5, 5.41) is 8.80. The van der Waals surface area contributed by atoms with Crippen LogP contribution in [-0.2, 0) is 5.33 Å². The van der Waals surface area contributed by atoms with Crippen LogP contribution in [0.4, 0.5) is 13.2 Å². The molecule has 0 spiro atoms. The van der Waals surface area contributed by atoms with Gasteiger partial charge in [-0.2, -0.15) is 0 Å². The van der Waals surface area contributed by atoms with E-state index in [0.29, 0.717) is 6.20 Å². The molecule has 0 bridgehead atoms. The van der Waals surface area contributed by atoms with Gasteiger partial charge >= 0.3 is 12.3 Å². The number of aromatic nitrogens is 1. The molecule has 1 heterocycles. The minimum absolute atomic E-state index is 0.0354. The van der Waals surface area contributed by atoms with Gasteiger partial charge in [0.15, 0.2) is 17.2 Å². The van der Waals surface area contributed by atoms with Crippen molar-refractivity contribution in [2.75, 3.05) is 7.11 Å². The smallest absolute Gasteiger partial charge is 0.492 e. The Labute approximate surface area is 108 Å². The average Bonchev–Trinajstić information content (AvgIpc) is 2.25. The molecule has 1 N–H and O–H groups in total. The van der Waals surface area contributed by atoms with Gasteiger partial charge in [-0.05, 0) is 0 Å². The maximum Gasteiger partial charge on any atom is 0.573 e. The molecule has 0 saturated heterocycles. The molecule has 0 fully saturated rings. The van der Waals surface area contributed by atoms with Crippen LogP contribution in [0.5, 0.6) is 11.5 Å². The number of hydrogen-bond donors (Lipinski definition) is 1. The number of carboxylic acids is 1. The number of hydrogen-bond acceptors (Lipinski definition) is 4. The van der Waals surface area contributed by atoms with Crippen LogP contribution in [-0.4, -0.2) is 29.5 Å². The fraction of sp³-hybridized carbons (Fsp3) is 0.333. The first kappa shape index (κ1) is 14.6. The molecule has 100 valence electrons. The Bertz CT molecular complexity index is 464. The van der Waals surface area contributed by atoms with Crippen molar-refractivity contribution in [3.05, 3.63) is 17.5 Å². The summed E-state index contributed by atoms with van der Waals surface area (Å²) in [6, 6.07) is 0. The molecule has 0 radical (unpaired) electrons. The normalized spacial score (nSPS) is 11.2. The Hall–Kier alpha value is -1.51. The lowest BCUT2D eigenvalue weighted by molar-refractivity contribution is -0.275. The fourth-order valence-corrected chi connectivity index (χ4v) is 1.77. The van der Waals surface area contributed by atoms with Gasteiger partial charge in [0.1, 0.15) is 0 Å². The van der Waals surface area contributed by atoms with E-state index in [4.69, 9.17) is 9.84 Å². The molecule has 0 aliphatic rings. The van der Waals surface area contributed by atoms with Crippen molar-refractivity contribution < 1.29 is 32.5 Å². The largest absolute Gasteiger partial charge is 0.573 e. The van der Waals surface area contributed by atoms with Crippen molar-refractivity contribution in [3.63, 3.8) is 0 Å². The molecular weight excluding hydrogens is 323 g/mol. The standard InChI is InChI=1S/C9H7BrF3NO4/c1-17-7-4(2-10)6(8(15)16)14-3-5(7)18-9(11,12)13/h3H,2H2,1H3,(H,15,16). The first-order valence-corrected chi connectivity index (χ1v) is 5.53. The molecular formula is C9H7BrF3NO4. The van der Waals surface area contributed by atoms with Crippen LogP contribution in [0.3, 0.4) is 0 Å². The fourth-order valence-electron chi connectivity index (χ4n) is 1.25. The van der Waals surface area contributed by atoms with Crippen molar-refractivity contribution in [1.82, 2.24) is 4.98 Å². The summed E-state index contributed by atoms with van der Waals surface area (Å²) in [5.41, 5.74) is -0.440. The van der Waals surface area contributed by atoms with E-state index in [1.165, 1.54) is 0 Å². The minimum Gasteiger partial charge on any atom is -0.492 e. The van der Waals surface area contributed by atoms with E-state index in [1.54, 1.807) is 0 Å². The second-order valence-corrected chi connectivity index (χ2v) is 3.53. The number of halogens is 4. The highest BCUT2D eigenvalue weighted by Gasteiger charge is 2.34. The third-order valence-corrected chi connectivity index (χ3v) is 2.42. The lowest BCUT2D eigenvalue weighted by Gasteiger charge is -2.15. The van der Waals surface area contributed by atoms with Crippen LogP contribution < -0.4 is 9.47 Å². The highest BCUT2D eigenvalue weighted by molar-refractivity contribution is 9.08. The zero-order chi connectivity index (χ0) is 13.9. The number of rotatable bonds is 4. The summed E-state index contributed by atoms with van der Waals surface area (Å²) in [7, 11) is 1.11. The van der Waals surface area contributed by atoms with Crippen molar-refractivity contribution in [2.45, 2.75) is 11.7 Å². The number of methoxy groups -OCH3 is 1. The Kier molecular flexibility index (Phi) is 4.38. The monoisotopic (exact) mass is 329 g/mol. The molecule has 0 saturated carbocycles. The second-order valence-electron chi connectivity index (χ2n) is 2.97. The van der Waals surface area contributed by atoms with Crippen molar-refractivity contribution in [2.24, 2.45) is 0 Å². The third-order valence-electron chi connectivity index (χ3n) is 1.86. The lowest BCUT2D eigenvalue weighted by atomic mass is 10.2. The van der Waals surface area contributed by atoms with Gasteiger partial charge in [0, 0.05) is 10.9 Å². The zero-order valence-electron chi connectivity index (χ0n) is 8.92. The SMILES string of the molecule is COc1c(OC(F)(F)F)cnc(C(=O)O)c1CBr. The predicted molar refractivity (Wildman–Crippen MR) is 57.1 cm³/mol. The van der Waals surface area contributed by atoms with E-state index >= 15 is 0 Å². The van der Waals surface area contributed by atoms with E-state index in [0.717, 1.165) is 7.11 Å². The number of alkyl halides is 4. The summed E-state index contributed by atoms with van der Waals surface area (Å²) >= 11 is 2.96. The molecule has 0 aliphatic heterocycles. The summed E-state index contributed by atoms with van der Waals surface area (Å²) in [5.74, 6) is -2.39. The zero-order valence-corrected chi connectivity index (χ0v) is 10.5. The van der Waals surface area contributed by atoms with E-state index in [-0.39, 0.29) is 16.6 Å². The summed E-state index contributed by atoms with van der Waals surface area (Å²) < 4.78 is 44.8. The topological polar surface area (TPSA) is 68.7 Å². The summed E-state index contributed by atoms with van der Waals surface area (Å²) in [6.45, 7) is 0. The van der Waals surface area contributed by atoms with Crippen LogP contribution in [0.15, 0.2) is 6.20 Å². The predicted octanol–water partition coefficient (Wildman–Crippen LogP) is 2.58. The first-order valence-electron chi connectivity index (χ1n) is 4.41. The van der Waals surface area contributed by atoms with Crippen LogP contribution in [0.1, 0.15) is 16.1 Å². The molecule has 0 unspecified atom stereocenters. The Balaban J connectivity index is 3.34. The number of pyridine rings is 1. The first-order chi connectivity index (χ1) is 8.30.